The van der Waals surface area contributed by atoms with Crippen LogP contribution in [-0.2, 0) is 36.6 Å². The molecule has 8 rings (SSSR count). The molecule has 5 aromatic rings. The average molecular weight is 851 g/mol. The minimum Gasteiger partial charge on any atom is -0.459 e. The Hall–Kier alpha value is -5.24. The van der Waals surface area contributed by atoms with Gasteiger partial charge < -0.3 is 24.6 Å². The van der Waals surface area contributed by atoms with Crippen LogP contribution in [0.15, 0.2) is 109 Å². The van der Waals surface area contributed by atoms with E-state index >= 15 is 0 Å². The topological polar surface area (TPSA) is 160 Å². The van der Waals surface area contributed by atoms with E-state index in [9.17, 15) is 24.1 Å². The highest BCUT2D eigenvalue weighted by Gasteiger charge is 2.48. The Bertz CT molecular complexity index is 2300. The summed E-state index contributed by atoms with van der Waals surface area (Å²) in [5.74, 6) is -0.503. The van der Waals surface area contributed by atoms with Crippen molar-refractivity contribution in [1.82, 2.24) is 25.2 Å². The smallest absolute Gasteiger partial charge is 0.396 e. The molecule has 2 unspecified atom stereocenters. The van der Waals surface area contributed by atoms with E-state index in [1.165, 1.54) is 18.4 Å². The van der Waals surface area contributed by atoms with Crippen LogP contribution >= 0.6 is 19.2 Å². The molecule has 15 heteroatoms. The second kappa shape index (κ2) is 18.6. The molecule has 3 amide bonds. The predicted molar refractivity (Wildman–Crippen MR) is 229 cm³/mol. The van der Waals surface area contributed by atoms with Crippen LogP contribution in [0.3, 0.4) is 0 Å². The molecule has 0 aliphatic carbocycles. The number of carbonyl (C=O) groups excluding carboxylic acids is 4. The fraction of sp³-hybridized carbons (Fsp3) is 0.356. The number of likely N-dealkylation sites (tertiary alicyclic amines) is 1. The maximum atomic E-state index is 14.1. The van der Waals surface area contributed by atoms with Gasteiger partial charge in [-0.15, -0.1) is 16.4 Å². The number of hydrogen-bond acceptors (Lipinski definition) is 11. The molecular formula is C45H49N5O8PS+. The fourth-order valence-corrected chi connectivity index (χ4v) is 11.4. The molecule has 3 saturated heterocycles. The molecule has 0 saturated carbocycles. The standard InChI is InChI=1S/C45H48N5O8PS/c1-56-28-38(45(54)57-27-30-10-4-2-5-11-30)48-59(55,58-36-14-6-3-7-15-36)29-31-17-20-40-33(22-31)23-41(60-40)42(51)47-37-16-8-13-35-18-19-39(50(35)43(37)52)44(53)49-25-34(26-49)32-12-9-21-46-24-32/h2-7,9-12,14-15,17,20-24,34-35,37-39,48,55H,8,13,16,18-19,25-29H2,1H3/p+1/t35-,37-,38?,39-,59?/m0/s1. The number of hydrogen-bond donors (Lipinski definition) is 3. The third-order valence-electron chi connectivity index (χ3n) is 11.4. The Labute approximate surface area is 353 Å². The molecule has 13 nitrogen and oxygen atoms in total. The van der Waals surface area contributed by atoms with Crippen LogP contribution in [0.5, 0.6) is 5.75 Å². The van der Waals surface area contributed by atoms with Crippen LogP contribution in [0.4, 0.5) is 0 Å². The summed E-state index contributed by atoms with van der Waals surface area (Å²) in [7, 11) is -2.13. The van der Waals surface area contributed by atoms with Crippen molar-refractivity contribution in [3.8, 4) is 5.75 Å². The van der Waals surface area contributed by atoms with E-state index in [-0.39, 0.29) is 49.1 Å². The zero-order valence-corrected chi connectivity index (χ0v) is 35.1. The summed E-state index contributed by atoms with van der Waals surface area (Å²) in [4.78, 5) is 75.4. The van der Waals surface area contributed by atoms with Crippen molar-refractivity contribution in [2.45, 2.75) is 75.0 Å². The Kier molecular flexibility index (Phi) is 12.8. The van der Waals surface area contributed by atoms with E-state index in [4.69, 9.17) is 14.0 Å². The van der Waals surface area contributed by atoms with Crippen LogP contribution in [-0.4, -0.2) is 94.3 Å². The molecule has 5 atom stereocenters. The molecule has 312 valence electrons. The maximum absolute atomic E-state index is 14.1. The summed E-state index contributed by atoms with van der Waals surface area (Å²) in [6.45, 7) is 1.21. The molecular weight excluding hydrogens is 802 g/mol. The van der Waals surface area contributed by atoms with Crippen molar-refractivity contribution in [2.24, 2.45) is 0 Å². The Morgan fingerprint density at radius 2 is 1.72 bits per heavy atom. The van der Waals surface area contributed by atoms with Gasteiger partial charge in [-0.2, -0.15) is 4.89 Å². The summed E-state index contributed by atoms with van der Waals surface area (Å²) in [5.41, 5.74) is 2.65. The van der Waals surface area contributed by atoms with E-state index in [1.807, 2.05) is 77.8 Å². The minimum absolute atomic E-state index is 0.0157. The van der Waals surface area contributed by atoms with Gasteiger partial charge in [0.1, 0.15) is 18.7 Å². The zero-order chi connectivity index (χ0) is 41.6. The average Bonchev–Trinajstić information content (AvgIpc) is 3.83. The molecule has 3 aliphatic rings. The molecule has 3 aromatic carbocycles. The highest BCUT2D eigenvalue weighted by atomic mass is 32.1. The van der Waals surface area contributed by atoms with Gasteiger partial charge in [-0.1, -0.05) is 60.7 Å². The van der Waals surface area contributed by atoms with Crippen LogP contribution in [0.1, 0.15) is 64.4 Å². The highest BCUT2D eigenvalue weighted by molar-refractivity contribution is 7.63. The first-order chi connectivity index (χ1) is 29.2. The normalized spacial score (nSPS) is 20.7. The molecule has 60 heavy (non-hydrogen) atoms. The summed E-state index contributed by atoms with van der Waals surface area (Å²) < 4.78 is 18.0. The molecule has 3 N–H and O–H groups in total. The number of methoxy groups -OCH3 is 1. The summed E-state index contributed by atoms with van der Waals surface area (Å²) >= 11 is 1.31. The van der Waals surface area contributed by atoms with Crippen LogP contribution in [0.25, 0.3) is 10.1 Å². The van der Waals surface area contributed by atoms with Crippen LogP contribution in [0.2, 0.25) is 0 Å². The van der Waals surface area contributed by atoms with Crippen LogP contribution in [0, 0.1) is 0 Å². The number of fused-ring (bicyclic) bond motifs is 2. The fourth-order valence-electron chi connectivity index (χ4n) is 8.37. The van der Waals surface area contributed by atoms with Crippen molar-refractivity contribution in [2.75, 3.05) is 26.8 Å². The zero-order valence-electron chi connectivity index (χ0n) is 33.4. The van der Waals surface area contributed by atoms with Crippen molar-refractivity contribution in [3.05, 3.63) is 131 Å². The first-order valence-electron chi connectivity index (χ1n) is 20.3. The van der Waals surface area contributed by atoms with Gasteiger partial charge in [-0.25, -0.2) is 0 Å². The monoisotopic (exact) mass is 850 g/mol. The quantitative estimate of drug-likeness (QED) is 0.0813. The minimum atomic E-state index is -3.60. The summed E-state index contributed by atoms with van der Waals surface area (Å²) in [6, 6.07) is 27.2. The van der Waals surface area contributed by atoms with E-state index in [0.717, 1.165) is 40.5 Å². The molecule has 0 radical (unpaired) electrons. The number of carbonyl (C=O) groups is 4. The number of rotatable bonds is 15. The van der Waals surface area contributed by atoms with Crippen LogP contribution < -0.4 is 14.9 Å². The third kappa shape index (κ3) is 9.53. The van der Waals surface area contributed by atoms with Crippen molar-refractivity contribution >= 4 is 53.0 Å². The van der Waals surface area contributed by atoms with E-state index in [1.54, 1.807) is 41.4 Å². The van der Waals surface area contributed by atoms with E-state index < -0.39 is 32.0 Å². The second-order valence-corrected chi connectivity index (χ2v) is 18.9. The van der Waals surface area contributed by atoms with Gasteiger partial charge in [0, 0.05) is 49.3 Å². The lowest BCUT2D eigenvalue weighted by atomic mass is 9.92. The number of benzene rings is 3. The van der Waals surface area contributed by atoms with Gasteiger partial charge >= 0.3 is 13.8 Å². The van der Waals surface area contributed by atoms with Gasteiger partial charge in [0.2, 0.25) is 11.8 Å². The first kappa shape index (κ1) is 41.5. The van der Waals surface area contributed by atoms with Gasteiger partial charge in [0.15, 0.2) is 18.0 Å². The Balaban J connectivity index is 0.941. The van der Waals surface area contributed by atoms with Crippen molar-refractivity contribution < 1.29 is 38.1 Å². The molecule has 3 fully saturated rings. The number of thiophene rings is 1. The SMILES string of the molecule is COCC(N[P+](O)(Cc1ccc2sc(C(=O)N[C@H]3CCC[C@H]4CC[C@@H](C(=O)N5CC(c6cccnc6)C5)N4C3=O)cc2c1)Oc1ccccc1)C(=O)OCc1ccccc1. The predicted octanol–water partition coefficient (Wildman–Crippen LogP) is 6.25. The number of esters is 1. The summed E-state index contributed by atoms with van der Waals surface area (Å²) in [5, 5.41) is 6.86. The third-order valence-corrected chi connectivity index (χ3v) is 14.6. The second-order valence-electron chi connectivity index (χ2n) is 15.7. The van der Waals surface area contributed by atoms with E-state index in [2.05, 4.69) is 15.4 Å². The Morgan fingerprint density at radius 1 is 0.933 bits per heavy atom. The highest BCUT2D eigenvalue weighted by Crippen LogP contribution is 2.55. The summed E-state index contributed by atoms with van der Waals surface area (Å²) in [6.07, 6.45) is 7.07. The first-order valence-corrected chi connectivity index (χ1v) is 23.0. The lowest BCUT2D eigenvalue weighted by Crippen LogP contribution is -2.58. The number of nitrogens with zero attached hydrogens (tertiary/aromatic N) is 3. The maximum Gasteiger partial charge on any atom is 0.396 e. The lowest BCUT2D eigenvalue weighted by molar-refractivity contribution is -0.148. The number of ether oxygens (including phenoxy) is 2. The molecule has 0 spiro atoms. The molecule has 0 bridgehead atoms. The number of aromatic nitrogens is 1. The number of pyridine rings is 1. The van der Waals surface area contributed by atoms with Gasteiger partial charge in [0.05, 0.1) is 11.5 Å². The molecule has 3 aliphatic heterocycles. The lowest BCUT2D eigenvalue weighted by Gasteiger charge is -2.42. The number of para-hydroxylation sites is 1. The van der Waals surface area contributed by atoms with Crippen molar-refractivity contribution in [3.63, 3.8) is 0 Å². The van der Waals surface area contributed by atoms with Gasteiger partial charge in [-0.3, -0.25) is 28.7 Å². The number of amides is 3. The molecule has 2 aromatic heterocycles. The molecule has 5 heterocycles. The Morgan fingerprint density at radius 3 is 2.47 bits per heavy atom. The largest absolute Gasteiger partial charge is 0.459 e. The van der Waals surface area contributed by atoms with Crippen molar-refractivity contribution in [1.29, 1.82) is 0 Å². The van der Waals surface area contributed by atoms with Gasteiger partial charge in [-0.05, 0) is 90.6 Å². The van der Waals surface area contributed by atoms with E-state index in [0.29, 0.717) is 42.1 Å². The van der Waals surface area contributed by atoms with Gasteiger partial charge in [0.25, 0.3) is 5.91 Å². The number of nitrogens with one attached hydrogen (secondary N) is 2.